The minimum atomic E-state index is -0.0354. The highest BCUT2D eigenvalue weighted by Gasteiger charge is 2.20. The second-order valence-corrected chi connectivity index (χ2v) is 5.23. The van der Waals surface area contributed by atoms with Crippen LogP contribution in [0.25, 0.3) is 0 Å². The number of nitrogens with two attached hydrogens (primary N) is 1. The number of carbonyl (C=O) groups is 2. The van der Waals surface area contributed by atoms with Crippen LogP contribution in [-0.2, 0) is 16.1 Å². The Kier molecular flexibility index (Phi) is 5.30. The average Bonchev–Trinajstić information content (AvgIpc) is 2.48. The number of benzene rings is 1. The number of nitrogens with one attached hydrogen (secondary N) is 1. The van der Waals surface area contributed by atoms with E-state index in [1.165, 1.54) is 0 Å². The Morgan fingerprint density at radius 1 is 1.14 bits per heavy atom. The summed E-state index contributed by atoms with van der Waals surface area (Å²) in [6.45, 7) is 5.27. The summed E-state index contributed by atoms with van der Waals surface area (Å²) in [4.78, 5) is 27.1. The number of anilines is 1. The predicted octanol–water partition coefficient (Wildman–Crippen LogP) is 0.248. The molecule has 21 heavy (non-hydrogen) atoms. The Morgan fingerprint density at radius 3 is 2.29 bits per heavy atom. The molecular formula is C15H22N4O2. The van der Waals surface area contributed by atoms with Gasteiger partial charge in [0.25, 0.3) is 0 Å². The molecule has 0 aromatic heterocycles. The van der Waals surface area contributed by atoms with Gasteiger partial charge in [0.1, 0.15) is 0 Å². The zero-order valence-electron chi connectivity index (χ0n) is 12.3. The van der Waals surface area contributed by atoms with Gasteiger partial charge in [-0.2, -0.15) is 0 Å². The van der Waals surface area contributed by atoms with Gasteiger partial charge in [-0.1, -0.05) is 12.1 Å². The second kappa shape index (κ2) is 7.19. The predicted molar refractivity (Wildman–Crippen MR) is 81.7 cm³/mol. The molecular weight excluding hydrogens is 268 g/mol. The highest BCUT2D eigenvalue weighted by atomic mass is 16.2. The molecule has 0 unspecified atom stereocenters. The zero-order valence-corrected chi connectivity index (χ0v) is 12.3. The van der Waals surface area contributed by atoms with E-state index in [9.17, 15) is 9.59 Å². The number of nitrogens with zero attached hydrogens (tertiary/aromatic N) is 2. The van der Waals surface area contributed by atoms with E-state index in [1.54, 1.807) is 11.8 Å². The minimum absolute atomic E-state index is 0.0354. The zero-order chi connectivity index (χ0) is 15.2. The van der Waals surface area contributed by atoms with Crippen molar-refractivity contribution < 1.29 is 9.59 Å². The van der Waals surface area contributed by atoms with Crippen molar-refractivity contribution in [1.82, 2.24) is 9.80 Å². The van der Waals surface area contributed by atoms with Gasteiger partial charge in [0.15, 0.2) is 0 Å². The van der Waals surface area contributed by atoms with E-state index < -0.39 is 0 Å². The molecule has 0 bridgehead atoms. The van der Waals surface area contributed by atoms with Gasteiger partial charge in [0.05, 0.1) is 6.54 Å². The van der Waals surface area contributed by atoms with Crippen LogP contribution in [0.1, 0.15) is 12.5 Å². The first-order valence-electron chi connectivity index (χ1n) is 7.15. The van der Waals surface area contributed by atoms with Crippen LogP contribution in [0.15, 0.2) is 24.3 Å². The molecule has 1 fully saturated rings. The van der Waals surface area contributed by atoms with Gasteiger partial charge in [-0.05, 0) is 17.7 Å². The standard InChI is InChI=1S/C15H22N4O2/c1-12(20)19-8-6-18(7-9-19)11-15(21)17-14-4-2-13(10-16)3-5-14/h2-5H,6-11,16H2,1H3,(H,17,21). The summed E-state index contributed by atoms with van der Waals surface area (Å²) in [5.41, 5.74) is 7.35. The van der Waals surface area contributed by atoms with Crippen molar-refractivity contribution >= 4 is 17.5 Å². The highest BCUT2D eigenvalue weighted by Crippen LogP contribution is 2.09. The Labute approximate surface area is 124 Å². The number of hydrogen-bond acceptors (Lipinski definition) is 4. The molecule has 0 aliphatic carbocycles. The summed E-state index contributed by atoms with van der Waals surface area (Å²) in [6, 6.07) is 7.52. The Bertz CT molecular complexity index is 493. The lowest BCUT2D eigenvalue weighted by Gasteiger charge is -2.33. The molecule has 1 aromatic rings. The van der Waals surface area contributed by atoms with Gasteiger partial charge in [0, 0.05) is 45.3 Å². The highest BCUT2D eigenvalue weighted by molar-refractivity contribution is 5.92. The molecule has 1 aliphatic rings. The molecule has 2 rings (SSSR count). The van der Waals surface area contributed by atoms with Crippen molar-refractivity contribution in [2.75, 3.05) is 38.0 Å². The van der Waals surface area contributed by atoms with Crippen LogP contribution in [0.5, 0.6) is 0 Å². The molecule has 1 heterocycles. The first-order valence-corrected chi connectivity index (χ1v) is 7.15. The Balaban J connectivity index is 1.78. The maximum atomic E-state index is 12.0. The quantitative estimate of drug-likeness (QED) is 0.833. The molecule has 6 nitrogen and oxygen atoms in total. The van der Waals surface area contributed by atoms with Crippen molar-refractivity contribution in [2.45, 2.75) is 13.5 Å². The van der Waals surface area contributed by atoms with Crippen molar-refractivity contribution in [3.63, 3.8) is 0 Å². The fraction of sp³-hybridized carbons (Fsp3) is 0.467. The number of rotatable bonds is 4. The van der Waals surface area contributed by atoms with Gasteiger partial charge >= 0.3 is 0 Å². The normalized spacial score (nSPS) is 15.8. The largest absolute Gasteiger partial charge is 0.340 e. The van der Waals surface area contributed by atoms with Crippen LogP contribution in [-0.4, -0.2) is 54.3 Å². The smallest absolute Gasteiger partial charge is 0.238 e. The van der Waals surface area contributed by atoms with E-state index in [4.69, 9.17) is 5.73 Å². The van der Waals surface area contributed by atoms with Crippen molar-refractivity contribution in [2.24, 2.45) is 5.73 Å². The van der Waals surface area contributed by atoms with Gasteiger partial charge in [-0.3, -0.25) is 14.5 Å². The molecule has 1 aliphatic heterocycles. The van der Waals surface area contributed by atoms with Gasteiger partial charge in [-0.25, -0.2) is 0 Å². The molecule has 2 amide bonds. The van der Waals surface area contributed by atoms with Gasteiger partial charge < -0.3 is 16.0 Å². The fourth-order valence-electron chi connectivity index (χ4n) is 2.35. The average molecular weight is 290 g/mol. The Morgan fingerprint density at radius 2 is 1.76 bits per heavy atom. The minimum Gasteiger partial charge on any atom is -0.340 e. The van der Waals surface area contributed by atoms with E-state index in [1.807, 2.05) is 24.3 Å². The third kappa shape index (κ3) is 4.54. The summed E-state index contributed by atoms with van der Waals surface area (Å²) in [7, 11) is 0. The van der Waals surface area contributed by atoms with E-state index in [0.717, 1.165) is 24.3 Å². The van der Waals surface area contributed by atoms with E-state index in [-0.39, 0.29) is 11.8 Å². The summed E-state index contributed by atoms with van der Waals surface area (Å²) < 4.78 is 0. The SMILES string of the molecule is CC(=O)N1CCN(CC(=O)Nc2ccc(CN)cc2)CC1. The van der Waals surface area contributed by atoms with E-state index >= 15 is 0 Å². The van der Waals surface area contributed by atoms with Gasteiger partial charge in [-0.15, -0.1) is 0 Å². The van der Waals surface area contributed by atoms with Crippen LogP contribution in [0, 0.1) is 0 Å². The fourth-order valence-corrected chi connectivity index (χ4v) is 2.35. The van der Waals surface area contributed by atoms with Crippen molar-refractivity contribution in [1.29, 1.82) is 0 Å². The maximum Gasteiger partial charge on any atom is 0.238 e. The second-order valence-electron chi connectivity index (χ2n) is 5.23. The summed E-state index contributed by atoms with van der Waals surface area (Å²) >= 11 is 0. The number of amides is 2. The molecule has 0 saturated carbocycles. The third-order valence-electron chi connectivity index (χ3n) is 3.66. The van der Waals surface area contributed by atoms with Crippen molar-refractivity contribution in [3.8, 4) is 0 Å². The monoisotopic (exact) mass is 290 g/mol. The lowest BCUT2D eigenvalue weighted by atomic mass is 10.2. The summed E-state index contributed by atoms with van der Waals surface area (Å²) in [5.74, 6) is 0.0610. The summed E-state index contributed by atoms with van der Waals surface area (Å²) in [5, 5.41) is 2.87. The van der Waals surface area contributed by atoms with Crippen LogP contribution >= 0.6 is 0 Å². The molecule has 1 aromatic carbocycles. The maximum absolute atomic E-state index is 12.0. The first-order chi connectivity index (χ1) is 10.1. The third-order valence-corrected chi connectivity index (χ3v) is 3.66. The first kappa shape index (κ1) is 15.5. The Hall–Kier alpha value is -1.92. The molecule has 1 saturated heterocycles. The van der Waals surface area contributed by atoms with Crippen LogP contribution in [0.4, 0.5) is 5.69 Å². The van der Waals surface area contributed by atoms with E-state index in [2.05, 4.69) is 10.2 Å². The summed E-state index contributed by atoms with van der Waals surface area (Å²) in [6.07, 6.45) is 0. The number of piperazine rings is 1. The van der Waals surface area contributed by atoms with Crippen molar-refractivity contribution in [3.05, 3.63) is 29.8 Å². The molecule has 0 spiro atoms. The molecule has 6 heteroatoms. The van der Waals surface area contributed by atoms with E-state index in [0.29, 0.717) is 26.2 Å². The topological polar surface area (TPSA) is 78.7 Å². The molecule has 114 valence electrons. The molecule has 0 radical (unpaired) electrons. The van der Waals surface area contributed by atoms with Crippen LogP contribution in [0.2, 0.25) is 0 Å². The number of carbonyl (C=O) groups excluding carboxylic acids is 2. The van der Waals surface area contributed by atoms with Crippen LogP contribution in [0.3, 0.4) is 0 Å². The van der Waals surface area contributed by atoms with Gasteiger partial charge in [0.2, 0.25) is 11.8 Å². The molecule has 0 atom stereocenters. The lowest BCUT2D eigenvalue weighted by Crippen LogP contribution is -2.49. The molecule has 3 N–H and O–H groups in total. The lowest BCUT2D eigenvalue weighted by molar-refractivity contribution is -0.130. The van der Waals surface area contributed by atoms with Crippen LogP contribution < -0.4 is 11.1 Å². The number of hydrogen-bond donors (Lipinski definition) is 2.